The van der Waals surface area contributed by atoms with Crippen molar-refractivity contribution in [3.8, 4) is 0 Å². The van der Waals surface area contributed by atoms with E-state index in [1.807, 2.05) is 0 Å². The zero-order chi connectivity index (χ0) is 16.3. The SMILES string of the molecule is CC(=O)N(C(=O)C1CC(O)CN1)C(Cc1cnc[nH]1)C(=O)O. The summed E-state index contributed by atoms with van der Waals surface area (Å²) in [6, 6.07) is -2.09. The first-order valence-corrected chi connectivity index (χ1v) is 6.85. The summed E-state index contributed by atoms with van der Waals surface area (Å²) < 4.78 is 0. The number of carbonyl (C=O) groups excluding carboxylic acids is 2. The van der Waals surface area contributed by atoms with E-state index in [4.69, 9.17) is 0 Å². The van der Waals surface area contributed by atoms with Crippen molar-refractivity contribution in [2.75, 3.05) is 6.54 Å². The van der Waals surface area contributed by atoms with Crippen molar-refractivity contribution in [3.63, 3.8) is 0 Å². The third-order valence-electron chi connectivity index (χ3n) is 3.55. The van der Waals surface area contributed by atoms with Crippen molar-refractivity contribution in [2.24, 2.45) is 0 Å². The van der Waals surface area contributed by atoms with Gasteiger partial charge in [-0.3, -0.25) is 14.5 Å². The highest BCUT2D eigenvalue weighted by molar-refractivity contribution is 6.00. The van der Waals surface area contributed by atoms with E-state index in [9.17, 15) is 24.6 Å². The van der Waals surface area contributed by atoms with Crippen LogP contribution in [0.25, 0.3) is 0 Å². The molecule has 2 amide bonds. The van der Waals surface area contributed by atoms with Gasteiger partial charge in [0.05, 0.1) is 18.5 Å². The molecule has 3 atom stereocenters. The Kier molecular flexibility index (Phi) is 4.88. The number of H-pyrrole nitrogens is 1. The van der Waals surface area contributed by atoms with Gasteiger partial charge in [-0.2, -0.15) is 0 Å². The molecule has 0 aliphatic carbocycles. The van der Waals surface area contributed by atoms with Gasteiger partial charge in [-0.05, 0) is 6.42 Å². The number of aliphatic hydroxyl groups excluding tert-OH is 1. The predicted octanol–water partition coefficient (Wildman–Crippen LogP) is -1.50. The fourth-order valence-electron chi connectivity index (χ4n) is 2.49. The van der Waals surface area contributed by atoms with Crippen LogP contribution in [0.1, 0.15) is 19.0 Å². The largest absolute Gasteiger partial charge is 0.480 e. The minimum absolute atomic E-state index is 0.0596. The van der Waals surface area contributed by atoms with Gasteiger partial charge >= 0.3 is 5.97 Å². The standard InChI is InChI=1S/C13H18N4O5/c1-7(18)17(12(20)10-3-9(19)5-15-10)11(13(21)22)2-8-4-14-6-16-8/h4,6,9-11,15,19H,2-3,5H2,1H3,(H,14,16)(H,21,22). The van der Waals surface area contributed by atoms with Crippen molar-refractivity contribution < 1.29 is 24.6 Å². The molecule has 22 heavy (non-hydrogen) atoms. The molecule has 0 radical (unpaired) electrons. The zero-order valence-corrected chi connectivity index (χ0v) is 12.0. The lowest BCUT2D eigenvalue weighted by atomic mass is 10.1. The molecule has 1 aromatic heterocycles. The lowest BCUT2D eigenvalue weighted by Gasteiger charge is -2.28. The second-order valence-electron chi connectivity index (χ2n) is 5.21. The van der Waals surface area contributed by atoms with E-state index < -0.39 is 36.0 Å². The number of aliphatic hydroxyl groups is 1. The minimum Gasteiger partial charge on any atom is -0.480 e. The number of nitrogens with one attached hydrogen (secondary N) is 2. The number of nitrogens with zero attached hydrogens (tertiary/aromatic N) is 2. The molecule has 0 aromatic carbocycles. The molecule has 120 valence electrons. The average molecular weight is 310 g/mol. The Morgan fingerprint density at radius 1 is 1.50 bits per heavy atom. The second kappa shape index (κ2) is 6.67. The molecular formula is C13H18N4O5. The maximum absolute atomic E-state index is 12.4. The summed E-state index contributed by atoms with van der Waals surface area (Å²) >= 11 is 0. The molecule has 0 bridgehead atoms. The molecule has 0 saturated carbocycles. The molecule has 2 heterocycles. The van der Waals surface area contributed by atoms with Gasteiger partial charge in [0.25, 0.3) is 0 Å². The van der Waals surface area contributed by atoms with Crippen LogP contribution in [-0.2, 0) is 20.8 Å². The van der Waals surface area contributed by atoms with Gasteiger partial charge in [0.2, 0.25) is 11.8 Å². The summed E-state index contributed by atoms with van der Waals surface area (Å²) in [5, 5.41) is 21.6. The summed E-state index contributed by atoms with van der Waals surface area (Å²) in [5.74, 6) is -2.58. The molecule has 1 saturated heterocycles. The van der Waals surface area contributed by atoms with Gasteiger partial charge in [-0.25, -0.2) is 9.78 Å². The molecule has 1 fully saturated rings. The third-order valence-corrected chi connectivity index (χ3v) is 3.55. The van der Waals surface area contributed by atoms with Crippen molar-refractivity contribution in [1.82, 2.24) is 20.2 Å². The third kappa shape index (κ3) is 3.49. The molecule has 4 N–H and O–H groups in total. The lowest BCUT2D eigenvalue weighted by Crippen LogP contribution is -2.54. The summed E-state index contributed by atoms with van der Waals surface area (Å²) in [4.78, 5) is 43.1. The van der Waals surface area contributed by atoms with E-state index in [2.05, 4.69) is 15.3 Å². The van der Waals surface area contributed by atoms with Gasteiger partial charge in [0, 0.05) is 31.8 Å². The zero-order valence-electron chi connectivity index (χ0n) is 12.0. The fourth-order valence-corrected chi connectivity index (χ4v) is 2.49. The Morgan fingerprint density at radius 2 is 2.23 bits per heavy atom. The van der Waals surface area contributed by atoms with Crippen LogP contribution in [0.15, 0.2) is 12.5 Å². The van der Waals surface area contributed by atoms with Crippen LogP contribution in [0, 0.1) is 0 Å². The van der Waals surface area contributed by atoms with Crippen LogP contribution < -0.4 is 5.32 Å². The van der Waals surface area contributed by atoms with E-state index >= 15 is 0 Å². The number of imide groups is 1. The highest BCUT2D eigenvalue weighted by Crippen LogP contribution is 2.15. The maximum atomic E-state index is 12.4. The highest BCUT2D eigenvalue weighted by Gasteiger charge is 2.39. The van der Waals surface area contributed by atoms with E-state index in [-0.39, 0.29) is 19.4 Å². The number of aromatic nitrogens is 2. The number of aliphatic carboxylic acids is 1. The highest BCUT2D eigenvalue weighted by atomic mass is 16.4. The van der Waals surface area contributed by atoms with Crippen LogP contribution in [0.3, 0.4) is 0 Å². The maximum Gasteiger partial charge on any atom is 0.327 e. The number of hydrogen-bond donors (Lipinski definition) is 4. The first kappa shape index (κ1) is 16.1. The van der Waals surface area contributed by atoms with E-state index in [1.54, 1.807) is 0 Å². The number of imidazole rings is 1. The number of carboxylic acid groups (broad SMARTS) is 1. The summed E-state index contributed by atoms with van der Waals surface area (Å²) in [7, 11) is 0. The molecule has 1 aliphatic heterocycles. The predicted molar refractivity (Wildman–Crippen MR) is 73.7 cm³/mol. The van der Waals surface area contributed by atoms with Gasteiger partial charge in [-0.1, -0.05) is 0 Å². The number of β-amino-alcohol motifs (C(OH)–C–C–N with tert-alkyl or cyclic N) is 1. The van der Waals surface area contributed by atoms with E-state index in [0.717, 1.165) is 11.8 Å². The molecule has 1 aromatic rings. The number of rotatable bonds is 5. The topological polar surface area (TPSA) is 136 Å². The Labute approximate surface area is 126 Å². The van der Waals surface area contributed by atoms with Crippen LogP contribution in [-0.4, -0.2) is 67.6 Å². The molecular weight excluding hydrogens is 292 g/mol. The van der Waals surface area contributed by atoms with Crippen LogP contribution in [0.2, 0.25) is 0 Å². The van der Waals surface area contributed by atoms with Crippen LogP contribution in [0.4, 0.5) is 0 Å². The van der Waals surface area contributed by atoms with E-state index in [1.165, 1.54) is 12.5 Å². The number of carbonyl (C=O) groups is 3. The first-order valence-electron chi connectivity index (χ1n) is 6.85. The minimum atomic E-state index is -1.33. The first-order chi connectivity index (χ1) is 10.4. The quantitative estimate of drug-likeness (QED) is 0.520. The number of carboxylic acids is 1. The molecule has 0 spiro atoms. The van der Waals surface area contributed by atoms with E-state index in [0.29, 0.717) is 5.69 Å². The number of hydrogen-bond acceptors (Lipinski definition) is 6. The van der Waals surface area contributed by atoms with Gasteiger partial charge in [0.1, 0.15) is 6.04 Å². The summed E-state index contributed by atoms with van der Waals surface area (Å²) in [6.07, 6.45) is 2.24. The van der Waals surface area contributed by atoms with Gasteiger partial charge < -0.3 is 20.5 Å². The molecule has 9 nitrogen and oxygen atoms in total. The Balaban J connectivity index is 2.21. The number of aromatic amines is 1. The Hall–Kier alpha value is -2.26. The van der Waals surface area contributed by atoms with Crippen molar-refractivity contribution in [1.29, 1.82) is 0 Å². The average Bonchev–Trinajstić information content (AvgIpc) is 3.08. The molecule has 1 aliphatic rings. The van der Waals surface area contributed by atoms with Gasteiger partial charge in [0.15, 0.2) is 0 Å². The Bertz CT molecular complexity index is 559. The summed E-state index contributed by atoms with van der Waals surface area (Å²) in [5.41, 5.74) is 0.505. The van der Waals surface area contributed by atoms with Crippen molar-refractivity contribution >= 4 is 17.8 Å². The fraction of sp³-hybridized carbons (Fsp3) is 0.538. The van der Waals surface area contributed by atoms with Crippen LogP contribution in [0.5, 0.6) is 0 Å². The normalized spacial score (nSPS) is 22.3. The molecule has 9 heteroatoms. The number of amides is 2. The van der Waals surface area contributed by atoms with Crippen molar-refractivity contribution in [2.45, 2.75) is 38.0 Å². The van der Waals surface area contributed by atoms with Crippen molar-refractivity contribution in [3.05, 3.63) is 18.2 Å². The second-order valence-corrected chi connectivity index (χ2v) is 5.21. The smallest absolute Gasteiger partial charge is 0.327 e. The molecule has 3 unspecified atom stereocenters. The van der Waals surface area contributed by atoms with Gasteiger partial charge in [-0.15, -0.1) is 0 Å². The van der Waals surface area contributed by atoms with Crippen LogP contribution >= 0.6 is 0 Å². The Morgan fingerprint density at radius 3 is 2.68 bits per heavy atom. The molecule has 2 rings (SSSR count). The monoisotopic (exact) mass is 310 g/mol. The lowest BCUT2D eigenvalue weighted by molar-refractivity contribution is -0.158. The summed E-state index contributed by atoms with van der Waals surface area (Å²) in [6.45, 7) is 1.38.